The Balaban J connectivity index is 1.57. The predicted octanol–water partition coefficient (Wildman–Crippen LogP) is 2.70. The number of amides is 1. The highest BCUT2D eigenvalue weighted by Crippen LogP contribution is 2.29. The van der Waals surface area contributed by atoms with Gasteiger partial charge in [-0.05, 0) is 49.7 Å². The number of benzene rings is 2. The molecule has 4 rings (SSSR count). The third-order valence-corrected chi connectivity index (χ3v) is 7.52. The molecule has 0 spiro atoms. The summed E-state index contributed by atoms with van der Waals surface area (Å²) in [6.45, 7) is 5.11. The number of nitrogens with one attached hydrogen (secondary N) is 1. The molecule has 1 saturated heterocycles. The maximum Gasteiger partial charge on any atom is 0.246 e. The number of hydrogen-bond acceptors (Lipinski definition) is 6. The van der Waals surface area contributed by atoms with Crippen LogP contribution in [0.25, 0.3) is 5.69 Å². The lowest BCUT2D eigenvalue weighted by atomic mass is 10.1. The number of aryl methyl sites for hydroxylation is 2. The average Bonchev–Trinajstić information content (AvgIpc) is 3.17. The molecule has 0 radical (unpaired) electrons. The Morgan fingerprint density at radius 2 is 1.85 bits per heavy atom. The van der Waals surface area contributed by atoms with Crippen LogP contribution < -0.4 is 10.1 Å². The second kappa shape index (κ2) is 9.96. The van der Waals surface area contributed by atoms with Crippen LogP contribution in [0.4, 0.5) is 5.69 Å². The maximum absolute atomic E-state index is 13.2. The topological polar surface area (TPSA) is 103 Å². The Kier molecular flexibility index (Phi) is 7.01. The van der Waals surface area contributed by atoms with Gasteiger partial charge in [0.15, 0.2) is 0 Å². The molecule has 10 heteroatoms. The van der Waals surface area contributed by atoms with Crippen molar-refractivity contribution >= 4 is 21.6 Å². The number of anilines is 1. The minimum absolute atomic E-state index is 0.00107. The number of aromatic nitrogens is 2. The average molecular weight is 485 g/mol. The van der Waals surface area contributed by atoms with Gasteiger partial charge in [0.2, 0.25) is 15.9 Å². The van der Waals surface area contributed by atoms with Crippen LogP contribution >= 0.6 is 0 Å². The minimum Gasteiger partial charge on any atom is -0.495 e. The second-order valence-electron chi connectivity index (χ2n) is 8.08. The number of sulfonamides is 1. The molecular weight excluding hydrogens is 456 g/mol. The molecule has 0 aliphatic carbocycles. The number of methoxy groups -OCH3 is 1. The highest BCUT2D eigenvalue weighted by Gasteiger charge is 2.29. The largest absolute Gasteiger partial charge is 0.495 e. The van der Waals surface area contributed by atoms with E-state index in [1.54, 1.807) is 16.8 Å². The zero-order valence-corrected chi connectivity index (χ0v) is 20.3. The number of hydrogen-bond donors (Lipinski definition) is 1. The monoisotopic (exact) mass is 484 g/mol. The van der Waals surface area contributed by atoms with Crippen molar-refractivity contribution < 1.29 is 22.7 Å². The van der Waals surface area contributed by atoms with E-state index in [0.29, 0.717) is 24.5 Å². The Labute approximate surface area is 199 Å². The molecule has 34 heavy (non-hydrogen) atoms. The Bertz CT molecular complexity index is 1300. The van der Waals surface area contributed by atoms with Crippen LogP contribution in [0.3, 0.4) is 0 Å². The fraction of sp³-hybridized carbons (Fsp3) is 0.333. The Morgan fingerprint density at radius 1 is 1.12 bits per heavy atom. The third kappa shape index (κ3) is 4.98. The van der Waals surface area contributed by atoms with Gasteiger partial charge in [0.1, 0.15) is 10.6 Å². The van der Waals surface area contributed by atoms with Crippen molar-refractivity contribution in [1.29, 1.82) is 0 Å². The van der Waals surface area contributed by atoms with Crippen molar-refractivity contribution in [2.24, 2.45) is 0 Å². The van der Waals surface area contributed by atoms with Crippen molar-refractivity contribution in [2.45, 2.75) is 25.2 Å². The molecule has 180 valence electrons. The first-order valence-electron chi connectivity index (χ1n) is 11.0. The van der Waals surface area contributed by atoms with E-state index in [0.717, 1.165) is 17.1 Å². The highest BCUT2D eigenvalue weighted by molar-refractivity contribution is 7.89. The summed E-state index contributed by atoms with van der Waals surface area (Å²) in [6, 6.07) is 14.2. The van der Waals surface area contributed by atoms with Gasteiger partial charge in [-0.15, -0.1) is 0 Å². The number of carbonyl (C=O) groups is 1. The molecule has 0 saturated carbocycles. The molecule has 2 aromatic carbocycles. The second-order valence-corrected chi connectivity index (χ2v) is 9.99. The van der Waals surface area contributed by atoms with Crippen LogP contribution in [0.15, 0.2) is 53.4 Å². The van der Waals surface area contributed by atoms with E-state index in [2.05, 4.69) is 10.4 Å². The maximum atomic E-state index is 13.2. The van der Waals surface area contributed by atoms with E-state index < -0.39 is 10.0 Å². The van der Waals surface area contributed by atoms with Crippen LogP contribution in [-0.4, -0.2) is 61.8 Å². The quantitative estimate of drug-likeness (QED) is 0.553. The predicted molar refractivity (Wildman–Crippen MR) is 128 cm³/mol. The van der Waals surface area contributed by atoms with E-state index in [4.69, 9.17) is 9.47 Å². The fourth-order valence-corrected chi connectivity index (χ4v) is 5.59. The summed E-state index contributed by atoms with van der Waals surface area (Å²) in [4.78, 5) is 13.0. The molecule has 9 nitrogen and oxygen atoms in total. The summed E-state index contributed by atoms with van der Waals surface area (Å²) in [5, 5.41) is 7.44. The highest BCUT2D eigenvalue weighted by atomic mass is 32.2. The Morgan fingerprint density at radius 3 is 2.53 bits per heavy atom. The molecule has 1 amide bonds. The number of morpholine rings is 1. The summed E-state index contributed by atoms with van der Waals surface area (Å²) < 4.78 is 40.2. The summed E-state index contributed by atoms with van der Waals surface area (Å²) in [6.07, 6.45) is 0.00107. The summed E-state index contributed by atoms with van der Waals surface area (Å²) in [7, 11) is -2.36. The number of para-hydroxylation sites is 2. The van der Waals surface area contributed by atoms with Crippen LogP contribution in [-0.2, 0) is 26.0 Å². The number of ether oxygens (including phenoxy) is 2. The molecule has 2 heterocycles. The summed E-state index contributed by atoms with van der Waals surface area (Å²) >= 11 is 0. The van der Waals surface area contributed by atoms with Crippen LogP contribution in [0.1, 0.15) is 17.0 Å². The number of carbonyl (C=O) groups excluding carboxylic acids is 1. The van der Waals surface area contributed by atoms with Crippen LogP contribution in [0.2, 0.25) is 0 Å². The van der Waals surface area contributed by atoms with E-state index in [1.807, 2.05) is 44.2 Å². The molecule has 1 aliphatic rings. The van der Waals surface area contributed by atoms with Gasteiger partial charge < -0.3 is 14.8 Å². The van der Waals surface area contributed by atoms with Gasteiger partial charge in [0.05, 0.1) is 43.8 Å². The zero-order valence-electron chi connectivity index (χ0n) is 19.4. The molecule has 1 fully saturated rings. The molecule has 1 N–H and O–H groups in total. The minimum atomic E-state index is -3.78. The lowest BCUT2D eigenvalue weighted by molar-refractivity contribution is -0.115. The first kappa shape index (κ1) is 23.9. The fourth-order valence-electron chi connectivity index (χ4n) is 3.98. The molecule has 3 aromatic rings. The number of rotatable bonds is 7. The van der Waals surface area contributed by atoms with E-state index >= 15 is 0 Å². The van der Waals surface area contributed by atoms with E-state index in [9.17, 15) is 13.2 Å². The van der Waals surface area contributed by atoms with Crippen molar-refractivity contribution in [1.82, 2.24) is 14.1 Å². The van der Waals surface area contributed by atoms with Crippen molar-refractivity contribution in [2.75, 3.05) is 38.7 Å². The van der Waals surface area contributed by atoms with Gasteiger partial charge in [-0.1, -0.05) is 18.2 Å². The normalized spacial score (nSPS) is 14.7. The lowest BCUT2D eigenvalue weighted by Gasteiger charge is -2.26. The van der Waals surface area contributed by atoms with Gasteiger partial charge in [-0.25, -0.2) is 13.1 Å². The molecule has 1 aliphatic heterocycles. The van der Waals surface area contributed by atoms with Gasteiger partial charge in [-0.3, -0.25) is 4.79 Å². The van der Waals surface area contributed by atoms with Crippen molar-refractivity contribution in [3.63, 3.8) is 0 Å². The zero-order chi connectivity index (χ0) is 24.3. The molecule has 0 atom stereocenters. The van der Waals surface area contributed by atoms with Crippen LogP contribution in [0, 0.1) is 13.8 Å². The van der Waals surface area contributed by atoms with Crippen molar-refractivity contribution in [3.8, 4) is 11.4 Å². The van der Waals surface area contributed by atoms with Gasteiger partial charge in [0.25, 0.3) is 0 Å². The number of nitrogens with zero attached hydrogens (tertiary/aromatic N) is 3. The lowest BCUT2D eigenvalue weighted by Crippen LogP contribution is -2.40. The SMILES string of the molecule is COc1ccc(CC(=O)Nc2ccccc2-n2nc(C)cc2C)cc1S(=O)(=O)N1CCOCC1. The first-order chi connectivity index (χ1) is 16.3. The first-order valence-corrected chi connectivity index (χ1v) is 12.4. The van der Waals surface area contributed by atoms with E-state index in [-0.39, 0.29) is 36.1 Å². The molecular formula is C24H28N4O5S. The molecule has 1 aromatic heterocycles. The van der Waals surface area contributed by atoms with Gasteiger partial charge in [0, 0.05) is 18.8 Å². The van der Waals surface area contributed by atoms with E-state index in [1.165, 1.54) is 17.5 Å². The van der Waals surface area contributed by atoms with Crippen LogP contribution in [0.5, 0.6) is 5.75 Å². The van der Waals surface area contributed by atoms with Crippen molar-refractivity contribution in [3.05, 3.63) is 65.5 Å². The molecule has 0 unspecified atom stereocenters. The van der Waals surface area contributed by atoms with Gasteiger partial charge in [-0.2, -0.15) is 9.40 Å². The standard InChI is InChI=1S/C24H28N4O5S/c1-17-14-18(2)28(26-17)21-7-5-4-6-20(21)25-24(29)16-19-8-9-22(32-3)23(15-19)34(30,31)27-10-12-33-13-11-27/h4-9,14-15H,10-13,16H2,1-3H3,(H,25,29). The van der Waals surface area contributed by atoms with Gasteiger partial charge >= 0.3 is 0 Å². The Hall–Kier alpha value is -3.21. The molecule has 0 bridgehead atoms. The summed E-state index contributed by atoms with van der Waals surface area (Å²) in [5.74, 6) is -0.0283. The smallest absolute Gasteiger partial charge is 0.246 e. The third-order valence-electron chi connectivity index (χ3n) is 5.60. The summed E-state index contributed by atoms with van der Waals surface area (Å²) in [5.41, 5.74) is 3.77.